The van der Waals surface area contributed by atoms with E-state index in [2.05, 4.69) is 27.4 Å². The predicted molar refractivity (Wildman–Crippen MR) is 130 cm³/mol. The van der Waals surface area contributed by atoms with Gasteiger partial charge in [-0.15, -0.1) is 11.3 Å². The Morgan fingerprint density at radius 2 is 1.81 bits per heavy atom. The van der Waals surface area contributed by atoms with Gasteiger partial charge in [0.1, 0.15) is 11.0 Å². The van der Waals surface area contributed by atoms with E-state index in [4.69, 9.17) is 16.6 Å². The molecule has 5 rings (SSSR count). The van der Waals surface area contributed by atoms with Crippen molar-refractivity contribution in [2.45, 2.75) is 13.5 Å². The molecule has 0 aliphatic heterocycles. The van der Waals surface area contributed by atoms with Crippen molar-refractivity contribution in [3.05, 3.63) is 94.6 Å². The Labute approximate surface area is 193 Å². The highest BCUT2D eigenvalue weighted by Crippen LogP contribution is 2.35. The van der Waals surface area contributed by atoms with E-state index in [0.29, 0.717) is 17.3 Å². The van der Waals surface area contributed by atoms with Crippen LogP contribution >= 0.6 is 22.9 Å². The molecule has 32 heavy (non-hydrogen) atoms. The monoisotopic (exact) mass is 460 g/mol. The molecule has 7 heteroatoms. The van der Waals surface area contributed by atoms with Crippen molar-refractivity contribution < 1.29 is 4.39 Å². The number of aryl methyl sites for hydroxylation is 1. The fourth-order valence-electron chi connectivity index (χ4n) is 3.54. The SMILES string of the molecule is Cc1cc(-c2ncc(NCc3ccc(Cl)nc3)cc2-c2ccc3ncsc3c2)ccc1F. The Balaban J connectivity index is 1.56. The Morgan fingerprint density at radius 1 is 0.938 bits per heavy atom. The van der Waals surface area contributed by atoms with Gasteiger partial charge >= 0.3 is 0 Å². The van der Waals surface area contributed by atoms with E-state index in [1.54, 1.807) is 42.8 Å². The number of anilines is 1. The molecule has 0 atom stereocenters. The van der Waals surface area contributed by atoms with Crippen LogP contribution in [0.25, 0.3) is 32.6 Å². The van der Waals surface area contributed by atoms with Crippen molar-refractivity contribution in [1.29, 1.82) is 0 Å². The number of nitrogens with one attached hydrogen (secondary N) is 1. The van der Waals surface area contributed by atoms with E-state index in [9.17, 15) is 4.39 Å². The second kappa shape index (κ2) is 8.65. The fourth-order valence-corrected chi connectivity index (χ4v) is 4.37. The summed E-state index contributed by atoms with van der Waals surface area (Å²) in [6.07, 6.45) is 3.54. The van der Waals surface area contributed by atoms with Crippen LogP contribution in [0.2, 0.25) is 5.15 Å². The highest BCUT2D eigenvalue weighted by molar-refractivity contribution is 7.16. The van der Waals surface area contributed by atoms with Crippen LogP contribution in [0, 0.1) is 12.7 Å². The van der Waals surface area contributed by atoms with Crippen LogP contribution in [-0.4, -0.2) is 15.0 Å². The number of rotatable bonds is 5. The first-order chi connectivity index (χ1) is 15.6. The molecule has 3 heterocycles. The molecule has 0 fully saturated rings. The third-order valence-corrected chi connectivity index (χ3v) is 6.26. The third kappa shape index (κ3) is 4.20. The van der Waals surface area contributed by atoms with Crippen LogP contribution < -0.4 is 5.32 Å². The molecule has 0 radical (unpaired) electrons. The van der Waals surface area contributed by atoms with Crippen LogP contribution in [0.1, 0.15) is 11.1 Å². The van der Waals surface area contributed by atoms with Crippen LogP contribution in [0.4, 0.5) is 10.1 Å². The smallest absolute Gasteiger partial charge is 0.129 e. The predicted octanol–water partition coefficient (Wildman–Crippen LogP) is 7.13. The van der Waals surface area contributed by atoms with Gasteiger partial charge in [-0.3, -0.25) is 4.98 Å². The Bertz CT molecular complexity index is 1420. The van der Waals surface area contributed by atoms with E-state index < -0.39 is 0 Å². The molecule has 0 bridgehead atoms. The highest BCUT2D eigenvalue weighted by Gasteiger charge is 2.13. The van der Waals surface area contributed by atoms with Gasteiger partial charge in [-0.1, -0.05) is 23.7 Å². The zero-order chi connectivity index (χ0) is 22.1. The topological polar surface area (TPSA) is 50.7 Å². The maximum atomic E-state index is 13.9. The van der Waals surface area contributed by atoms with Gasteiger partial charge in [-0.25, -0.2) is 14.4 Å². The summed E-state index contributed by atoms with van der Waals surface area (Å²) >= 11 is 7.48. The molecule has 0 saturated carbocycles. The lowest BCUT2D eigenvalue weighted by Crippen LogP contribution is -2.01. The largest absolute Gasteiger partial charge is 0.380 e. The average molecular weight is 461 g/mol. The molecule has 5 aromatic rings. The molecular weight excluding hydrogens is 443 g/mol. The van der Waals surface area contributed by atoms with Gasteiger partial charge in [0.2, 0.25) is 0 Å². The van der Waals surface area contributed by atoms with Crippen molar-refractivity contribution in [3.8, 4) is 22.4 Å². The van der Waals surface area contributed by atoms with Crippen LogP contribution in [-0.2, 0) is 6.54 Å². The molecule has 0 aliphatic rings. The first-order valence-corrected chi connectivity index (χ1v) is 11.3. The van der Waals surface area contributed by atoms with Gasteiger partial charge in [0.15, 0.2) is 0 Å². The van der Waals surface area contributed by atoms with E-state index >= 15 is 0 Å². The normalized spacial score (nSPS) is 11.1. The van der Waals surface area contributed by atoms with E-state index in [1.807, 2.05) is 29.8 Å². The molecule has 0 amide bonds. The summed E-state index contributed by atoms with van der Waals surface area (Å²) in [5.41, 5.74) is 8.96. The second-order valence-electron chi connectivity index (χ2n) is 7.46. The van der Waals surface area contributed by atoms with Crippen LogP contribution in [0.3, 0.4) is 0 Å². The third-order valence-electron chi connectivity index (χ3n) is 5.25. The molecule has 1 N–H and O–H groups in total. The van der Waals surface area contributed by atoms with E-state index in [-0.39, 0.29) is 5.82 Å². The summed E-state index contributed by atoms with van der Waals surface area (Å²) in [6, 6.07) is 17.1. The number of nitrogens with zero attached hydrogens (tertiary/aromatic N) is 3. The van der Waals surface area contributed by atoms with Gasteiger partial charge in [0.25, 0.3) is 0 Å². The van der Waals surface area contributed by atoms with E-state index in [1.165, 1.54) is 6.07 Å². The molecule has 2 aromatic carbocycles. The standard InChI is InChI=1S/C25H18ClFN4S/c1-15-8-18(3-5-21(15)27)25-20(17-4-6-22-23(9-17)32-14-31-22)10-19(13-30-25)28-11-16-2-7-24(26)29-12-16/h2-10,12-14,28H,11H2,1H3. The second-order valence-corrected chi connectivity index (χ2v) is 8.74. The molecule has 158 valence electrons. The average Bonchev–Trinajstić information content (AvgIpc) is 3.28. The molecule has 0 saturated heterocycles. The molecule has 0 spiro atoms. The molecule has 0 unspecified atom stereocenters. The Morgan fingerprint density at radius 3 is 2.62 bits per heavy atom. The minimum absolute atomic E-state index is 0.226. The number of benzene rings is 2. The number of pyridine rings is 2. The lowest BCUT2D eigenvalue weighted by Gasteiger charge is -2.14. The highest BCUT2D eigenvalue weighted by atomic mass is 35.5. The first-order valence-electron chi connectivity index (χ1n) is 10.0. The molecule has 3 aromatic heterocycles. The number of aromatic nitrogens is 3. The maximum absolute atomic E-state index is 13.9. The van der Waals surface area contributed by atoms with Gasteiger partial charge in [0.05, 0.1) is 33.3 Å². The summed E-state index contributed by atoms with van der Waals surface area (Å²) < 4.78 is 15.0. The molecule has 4 nitrogen and oxygen atoms in total. The van der Waals surface area contributed by atoms with E-state index in [0.717, 1.165) is 43.9 Å². The van der Waals surface area contributed by atoms with Crippen LogP contribution in [0.15, 0.2) is 72.5 Å². The molecular formula is C25H18ClFN4S. The lowest BCUT2D eigenvalue weighted by atomic mass is 9.97. The summed E-state index contributed by atoms with van der Waals surface area (Å²) in [6.45, 7) is 2.35. The summed E-state index contributed by atoms with van der Waals surface area (Å²) in [5.74, 6) is -0.226. The quantitative estimate of drug-likeness (QED) is 0.283. The van der Waals surface area contributed by atoms with Crippen molar-refractivity contribution in [2.24, 2.45) is 0 Å². The van der Waals surface area contributed by atoms with Gasteiger partial charge in [-0.2, -0.15) is 0 Å². The summed E-state index contributed by atoms with van der Waals surface area (Å²) in [4.78, 5) is 13.3. The lowest BCUT2D eigenvalue weighted by molar-refractivity contribution is 0.619. The molecule has 0 aliphatic carbocycles. The van der Waals surface area contributed by atoms with Gasteiger partial charge in [0, 0.05) is 23.9 Å². The van der Waals surface area contributed by atoms with Crippen molar-refractivity contribution >= 4 is 38.8 Å². The summed E-state index contributed by atoms with van der Waals surface area (Å²) in [5, 5.41) is 3.87. The minimum atomic E-state index is -0.226. The number of thiazole rings is 1. The van der Waals surface area contributed by atoms with Crippen molar-refractivity contribution in [1.82, 2.24) is 15.0 Å². The summed E-state index contributed by atoms with van der Waals surface area (Å²) in [7, 11) is 0. The first kappa shape index (κ1) is 20.5. The number of hydrogen-bond donors (Lipinski definition) is 1. The minimum Gasteiger partial charge on any atom is -0.380 e. The zero-order valence-electron chi connectivity index (χ0n) is 17.1. The fraction of sp³-hybridized carbons (Fsp3) is 0.0800. The Hall–Kier alpha value is -3.35. The van der Waals surface area contributed by atoms with Gasteiger partial charge < -0.3 is 5.32 Å². The van der Waals surface area contributed by atoms with Gasteiger partial charge in [-0.05, 0) is 66.1 Å². The number of hydrogen-bond acceptors (Lipinski definition) is 5. The maximum Gasteiger partial charge on any atom is 0.129 e. The zero-order valence-corrected chi connectivity index (χ0v) is 18.7. The number of halogens is 2. The van der Waals surface area contributed by atoms with Crippen molar-refractivity contribution in [2.75, 3.05) is 5.32 Å². The van der Waals surface area contributed by atoms with Crippen LogP contribution in [0.5, 0.6) is 0 Å². The number of fused-ring (bicyclic) bond motifs is 1. The Kier molecular flexibility index (Phi) is 5.55. The van der Waals surface area contributed by atoms with Crippen molar-refractivity contribution in [3.63, 3.8) is 0 Å².